The van der Waals surface area contributed by atoms with Crippen LogP contribution in [0.25, 0.3) is 0 Å². The topological polar surface area (TPSA) is 88.8 Å². The third kappa shape index (κ3) is 4.75. The number of nitro benzene ring substituents is 1. The molecule has 7 nitrogen and oxygen atoms in total. The molecule has 0 bridgehead atoms. The third-order valence-corrected chi connectivity index (χ3v) is 3.00. The van der Waals surface area contributed by atoms with E-state index in [1.807, 2.05) is 30.3 Å². The van der Waals surface area contributed by atoms with Crippen molar-refractivity contribution in [3.05, 3.63) is 64.2 Å². The predicted molar refractivity (Wildman–Crippen MR) is 93.0 cm³/mol. The molecule has 0 aliphatic carbocycles. The third-order valence-electron chi connectivity index (χ3n) is 2.81. The van der Waals surface area contributed by atoms with Crippen molar-refractivity contribution in [3.63, 3.8) is 0 Å². The van der Waals surface area contributed by atoms with Gasteiger partial charge in [-0.15, -0.1) is 0 Å². The van der Waals surface area contributed by atoms with Gasteiger partial charge in [-0.25, -0.2) is 0 Å². The van der Waals surface area contributed by atoms with E-state index in [1.54, 1.807) is 6.07 Å². The normalized spacial score (nSPS) is 10.3. The molecule has 0 spiro atoms. The number of benzene rings is 2. The van der Waals surface area contributed by atoms with E-state index >= 15 is 0 Å². The van der Waals surface area contributed by atoms with Crippen LogP contribution in [0, 0.1) is 10.1 Å². The van der Waals surface area contributed by atoms with Crippen LogP contribution in [0.2, 0.25) is 0 Å². The van der Waals surface area contributed by atoms with Gasteiger partial charge in [-0.2, -0.15) is 5.10 Å². The highest BCUT2D eigenvalue weighted by Gasteiger charge is 2.14. The summed E-state index contributed by atoms with van der Waals surface area (Å²) in [7, 11) is 1.38. The smallest absolute Gasteiger partial charge is 0.311 e. The predicted octanol–water partition coefficient (Wildman–Crippen LogP) is 2.92. The van der Waals surface area contributed by atoms with Crippen molar-refractivity contribution in [2.24, 2.45) is 5.10 Å². The maximum atomic E-state index is 11.0. The first-order chi connectivity index (χ1) is 11.1. The molecule has 0 heterocycles. The first kappa shape index (κ1) is 16.4. The minimum atomic E-state index is -0.509. The molecule has 118 valence electrons. The maximum absolute atomic E-state index is 11.0. The number of ether oxygens (including phenoxy) is 1. The number of para-hydroxylation sites is 1. The van der Waals surface area contributed by atoms with Crippen molar-refractivity contribution >= 4 is 34.9 Å². The molecule has 0 amide bonds. The zero-order valence-electron chi connectivity index (χ0n) is 12.2. The van der Waals surface area contributed by atoms with E-state index in [2.05, 4.69) is 15.8 Å². The van der Waals surface area contributed by atoms with Gasteiger partial charge in [0, 0.05) is 17.3 Å². The lowest BCUT2D eigenvalue weighted by molar-refractivity contribution is -0.385. The number of nitro groups is 1. The number of hydrazone groups is 1. The van der Waals surface area contributed by atoms with Gasteiger partial charge in [0.25, 0.3) is 0 Å². The largest absolute Gasteiger partial charge is 0.490 e. The number of rotatable bonds is 5. The van der Waals surface area contributed by atoms with E-state index in [0.717, 1.165) is 5.69 Å². The van der Waals surface area contributed by atoms with E-state index in [0.29, 0.717) is 10.7 Å². The molecule has 2 aromatic carbocycles. The van der Waals surface area contributed by atoms with Crippen molar-refractivity contribution in [3.8, 4) is 5.75 Å². The van der Waals surface area contributed by atoms with Crippen LogP contribution >= 0.6 is 12.2 Å². The first-order valence-corrected chi connectivity index (χ1v) is 6.98. The molecule has 23 heavy (non-hydrogen) atoms. The second-order valence-corrected chi connectivity index (χ2v) is 4.79. The molecule has 0 saturated heterocycles. The zero-order chi connectivity index (χ0) is 16.7. The van der Waals surface area contributed by atoms with Gasteiger partial charge in [0.1, 0.15) is 0 Å². The monoisotopic (exact) mass is 330 g/mol. The van der Waals surface area contributed by atoms with Gasteiger partial charge < -0.3 is 10.1 Å². The van der Waals surface area contributed by atoms with Gasteiger partial charge in [-0.3, -0.25) is 15.5 Å². The Morgan fingerprint density at radius 3 is 2.70 bits per heavy atom. The number of hydrogen-bond donors (Lipinski definition) is 2. The van der Waals surface area contributed by atoms with Crippen LogP contribution in [0.15, 0.2) is 53.6 Å². The summed E-state index contributed by atoms with van der Waals surface area (Å²) in [6.45, 7) is 0. The molecule has 2 aromatic rings. The van der Waals surface area contributed by atoms with Gasteiger partial charge in [0.05, 0.1) is 18.2 Å². The molecule has 2 N–H and O–H groups in total. The first-order valence-electron chi connectivity index (χ1n) is 6.57. The van der Waals surface area contributed by atoms with Gasteiger partial charge in [-0.1, -0.05) is 18.2 Å². The minimum absolute atomic E-state index is 0.124. The van der Waals surface area contributed by atoms with Crippen LogP contribution in [0.1, 0.15) is 5.56 Å². The number of nitrogens with one attached hydrogen (secondary N) is 2. The van der Waals surface area contributed by atoms with Crippen LogP contribution in [0.3, 0.4) is 0 Å². The average Bonchev–Trinajstić information content (AvgIpc) is 2.55. The van der Waals surface area contributed by atoms with E-state index in [4.69, 9.17) is 17.0 Å². The van der Waals surface area contributed by atoms with Gasteiger partial charge in [0.15, 0.2) is 10.9 Å². The van der Waals surface area contributed by atoms with Crippen molar-refractivity contribution in [1.82, 2.24) is 5.43 Å². The number of methoxy groups -OCH3 is 1. The maximum Gasteiger partial charge on any atom is 0.311 e. The van der Waals surface area contributed by atoms with Crippen molar-refractivity contribution < 1.29 is 9.66 Å². The van der Waals surface area contributed by atoms with Crippen LogP contribution in [-0.4, -0.2) is 23.4 Å². The highest BCUT2D eigenvalue weighted by Crippen LogP contribution is 2.26. The summed E-state index contributed by atoms with van der Waals surface area (Å²) in [6.07, 6.45) is 1.44. The Labute approximate surface area is 138 Å². The lowest BCUT2D eigenvalue weighted by Gasteiger charge is -2.06. The van der Waals surface area contributed by atoms with Crippen LogP contribution in [0.4, 0.5) is 11.4 Å². The van der Waals surface area contributed by atoms with Crippen LogP contribution in [-0.2, 0) is 0 Å². The molecular formula is C15H14N4O3S. The Hall–Kier alpha value is -3.00. The fourth-order valence-electron chi connectivity index (χ4n) is 1.78. The lowest BCUT2D eigenvalue weighted by Crippen LogP contribution is -2.23. The SMILES string of the molecule is COc1ccc(/C=N/NC(=S)Nc2ccccc2)cc1[N+](=O)[O-]. The molecule has 8 heteroatoms. The fourth-order valence-corrected chi connectivity index (χ4v) is 1.95. The standard InChI is InChI=1S/C15H14N4O3S/c1-22-14-8-7-11(9-13(14)19(20)21)10-16-18-15(23)17-12-5-3-2-4-6-12/h2-10H,1H3,(H2,17,18,23)/b16-10+. The Bertz CT molecular complexity index is 735. The molecule has 0 atom stereocenters. The van der Waals surface area contributed by atoms with E-state index in [-0.39, 0.29) is 11.4 Å². The summed E-state index contributed by atoms with van der Waals surface area (Å²) in [5.41, 5.74) is 3.90. The molecule has 0 aliphatic heterocycles. The van der Waals surface area contributed by atoms with Crippen molar-refractivity contribution in [2.45, 2.75) is 0 Å². The zero-order valence-corrected chi connectivity index (χ0v) is 13.0. The van der Waals surface area contributed by atoms with Crippen LogP contribution < -0.4 is 15.5 Å². The van der Waals surface area contributed by atoms with E-state index in [9.17, 15) is 10.1 Å². The Morgan fingerprint density at radius 1 is 1.30 bits per heavy atom. The van der Waals surface area contributed by atoms with E-state index in [1.165, 1.54) is 25.5 Å². The summed E-state index contributed by atoms with van der Waals surface area (Å²) in [4.78, 5) is 10.4. The number of anilines is 1. The number of thiocarbonyl (C=S) groups is 1. The van der Waals surface area contributed by atoms with Gasteiger partial charge in [-0.05, 0) is 36.5 Å². The molecule has 0 fully saturated rings. The van der Waals surface area contributed by atoms with Crippen molar-refractivity contribution in [1.29, 1.82) is 0 Å². The Morgan fingerprint density at radius 2 is 2.04 bits per heavy atom. The molecule has 0 unspecified atom stereocenters. The van der Waals surface area contributed by atoms with Crippen molar-refractivity contribution in [2.75, 3.05) is 12.4 Å². The van der Waals surface area contributed by atoms with E-state index < -0.39 is 4.92 Å². The molecule has 0 aliphatic rings. The summed E-state index contributed by atoms with van der Waals surface area (Å²) >= 11 is 5.09. The molecule has 0 aromatic heterocycles. The summed E-state index contributed by atoms with van der Waals surface area (Å²) < 4.78 is 4.94. The quantitative estimate of drug-likeness (QED) is 0.379. The highest BCUT2D eigenvalue weighted by atomic mass is 32.1. The summed E-state index contributed by atoms with van der Waals surface area (Å²) in [5.74, 6) is 0.196. The molecule has 0 saturated carbocycles. The molecular weight excluding hydrogens is 316 g/mol. The Kier molecular flexibility index (Phi) is 5.59. The van der Waals surface area contributed by atoms with Gasteiger partial charge >= 0.3 is 5.69 Å². The lowest BCUT2D eigenvalue weighted by atomic mass is 10.2. The molecule has 0 radical (unpaired) electrons. The second kappa shape index (κ2) is 7.85. The minimum Gasteiger partial charge on any atom is -0.490 e. The highest BCUT2D eigenvalue weighted by molar-refractivity contribution is 7.80. The number of nitrogens with zero attached hydrogens (tertiary/aromatic N) is 2. The second-order valence-electron chi connectivity index (χ2n) is 4.38. The van der Waals surface area contributed by atoms with Gasteiger partial charge in [0.2, 0.25) is 0 Å². The fraction of sp³-hybridized carbons (Fsp3) is 0.0667. The summed E-state index contributed by atoms with van der Waals surface area (Å²) in [6, 6.07) is 13.9. The Balaban J connectivity index is 1.99. The van der Waals surface area contributed by atoms with Crippen LogP contribution in [0.5, 0.6) is 5.75 Å². The average molecular weight is 330 g/mol. The molecule has 2 rings (SSSR count). The summed E-state index contributed by atoms with van der Waals surface area (Å²) in [5, 5.41) is 18.2. The number of hydrogen-bond acceptors (Lipinski definition) is 5.